The Labute approximate surface area is 122 Å². The molecule has 0 bridgehead atoms. The predicted octanol–water partition coefficient (Wildman–Crippen LogP) is 4.27. The molecule has 1 saturated carbocycles. The Morgan fingerprint density at radius 1 is 0.900 bits per heavy atom. The fourth-order valence-electron chi connectivity index (χ4n) is 3.61. The number of aliphatic imine (C=N–C) groups is 1. The molecular weight excluding hydrogens is 244 g/mol. The summed E-state index contributed by atoms with van der Waals surface area (Å²) in [6.45, 7) is 1.02. The molecule has 2 atom stereocenters. The average molecular weight is 270 g/mol. The van der Waals surface area contributed by atoms with Crippen molar-refractivity contribution in [3.63, 3.8) is 0 Å². The van der Waals surface area contributed by atoms with Crippen molar-refractivity contribution in [2.45, 2.75) is 63.3 Å². The molecule has 2 heteroatoms. The third-order valence-corrected chi connectivity index (χ3v) is 4.72. The molecule has 0 amide bonds. The number of rotatable bonds is 2. The van der Waals surface area contributed by atoms with Gasteiger partial charge < -0.3 is 5.32 Å². The first-order valence-electron chi connectivity index (χ1n) is 8.28. The zero-order valence-electron chi connectivity index (χ0n) is 12.4. The van der Waals surface area contributed by atoms with E-state index in [0.717, 1.165) is 13.0 Å². The van der Waals surface area contributed by atoms with Gasteiger partial charge in [0.2, 0.25) is 0 Å². The zero-order valence-corrected chi connectivity index (χ0v) is 12.4. The van der Waals surface area contributed by atoms with Gasteiger partial charge in [-0.3, -0.25) is 4.99 Å². The van der Waals surface area contributed by atoms with Crippen LogP contribution in [-0.4, -0.2) is 18.4 Å². The number of hydrogen-bond donors (Lipinski definition) is 1. The number of hydrogen-bond acceptors (Lipinski definition) is 2. The highest BCUT2D eigenvalue weighted by Gasteiger charge is 2.27. The Kier molecular flexibility index (Phi) is 4.73. The van der Waals surface area contributed by atoms with E-state index in [9.17, 15) is 0 Å². The smallest absolute Gasteiger partial charge is 0.0965 e. The molecule has 20 heavy (non-hydrogen) atoms. The molecule has 2 unspecified atom stereocenters. The Hall–Kier alpha value is -1.31. The second-order valence-electron chi connectivity index (χ2n) is 6.19. The van der Waals surface area contributed by atoms with Crippen LogP contribution in [0.15, 0.2) is 35.3 Å². The van der Waals surface area contributed by atoms with Gasteiger partial charge in [-0.2, -0.15) is 0 Å². The maximum atomic E-state index is 4.75. The monoisotopic (exact) mass is 270 g/mol. The lowest BCUT2D eigenvalue weighted by molar-refractivity contribution is 0.359. The van der Waals surface area contributed by atoms with Crippen molar-refractivity contribution in [2.75, 3.05) is 6.54 Å². The minimum atomic E-state index is 0.586. The van der Waals surface area contributed by atoms with E-state index in [1.54, 1.807) is 0 Å². The fourth-order valence-corrected chi connectivity index (χ4v) is 3.61. The topological polar surface area (TPSA) is 24.4 Å². The van der Waals surface area contributed by atoms with Gasteiger partial charge >= 0.3 is 0 Å². The second-order valence-corrected chi connectivity index (χ2v) is 6.19. The molecule has 1 aromatic rings. The molecule has 1 N–H and O–H groups in total. The maximum Gasteiger partial charge on any atom is 0.0965 e. The summed E-state index contributed by atoms with van der Waals surface area (Å²) in [4.78, 5) is 4.75. The Morgan fingerprint density at radius 2 is 1.75 bits per heavy atom. The minimum Gasteiger partial charge on any atom is -0.370 e. The van der Waals surface area contributed by atoms with Crippen molar-refractivity contribution >= 4 is 5.84 Å². The summed E-state index contributed by atoms with van der Waals surface area (Å²) in [5.41, 5.74) is 1.50. The number of amidine groups is 1. The SMILES string of the molecule is c1ccc(C2CCCCC2NC2=NCCCCC2)cc1. The van der Waals surface area contributed by atoms with E-state index in [1.165, 1.54) is 56.3 Å². The van der Waals surface area contributed by atoms with Gasteiger partial charge in [-0.05, 0) is 31.2 Å². The third-order valence-electron chi connectivity index (χ3n) is 4.72. The third kappa shape index (κ3) is 3.41. The average Bonchev–Trinajstić information content (AvgIpc) is 2.77. The molecule has 2 nitrogen and oxygen atoms in total. The largest absolute Gasteiger partial charge is 0.370 e. The van der Waals surface area contributed by atoms with Crippen molar-refractivity contribution in [2.24, 2.45) is 4.99 Å². The molecule has 1 heterocycles. The van der Waals surface area contributed by atoms with Crippen LogP contribution in [0.4, 0.5) is 0 Å². The second kappa shape index (κ2) is 6.92. The Bertz CT molecular complexity index is 438. The summed E-state index contributed by atoms with van der Waals surface area (Å²) in [5, 5.41) is 3.80. The molecule has 3 rings (SSSR count). The summed E-state index contributed by atoms with van der Waals surface area (Å²) in [7, 11) is 0. The van der Waals surface area contributed by atoms with Gasteiger partial charge in [0, 0.05) is 24.9 Å². The normalized spacial score (nSPS) is 27.5. The van der Waals surface area contributed by atoms with Crippen molar-refractivity contribution in [1.82, 2.24) is 5.32 Å². The van der Waals surface area contributed by atoms with E-state index in [0.29, 0.717) is 12.0 Å². The summed E-state index contributed by atoms with van der Waals surface area (Å²) < 4.78 is 0. The predicted molar refractivity (Wildman–Crippen MR) is 85.3 cm³/mol. The molecule has 2 aliphatic rings. The van der Waals surface area contributed by atoms with Crippen LogP contribution in [0, 0.1) is 0 Å². The van der Waals surface area contributed by atoms with Crippen LogP contribution in [0.2, 0.25) is 0 Å². The van der Waals surface area contributed by atoms with Crippen LogP contribution in [0.3, 0.4) is 0 Å². The molecule has 1 aliphatic carbocycles. The first-order valence-corrected chi connectivity index (χ1v) is 8.28. The number of nitrogens with zero attached hydrogens (tertiary/aromatic N) is 1. The van der Waals surface area contributed by atoms with Gasteiger partial charge in [-0.1, -0.05) is 49.6 Å². The fraction of sp³-hybridized carbons (Fsp3) is 0.611. The molecule has 108 valence electrons. The number of nitrogens with one attached hydrogen (secondary N) is 1. The summed E-state index contributed by atoms with van der Waals surface area (Å²) >= 11 is 0. The van der Waals surface area contributed by atoms with E-state index in [-0.39, 0.29) is 0 Å². The highest BCUT2D eigenvalue weighted by Crippen LogP contribution is 2.33. The zero-order chi connectivity index (χ0) is 13.6. The standard InChI is InChI=1S/C18H26N2/c1-3-9-15(10-4-1)16-11-6-7-12-17(16)20-18-13-5-2-8-14-19-18/h1,3-4,9-10,16-17H,2,5-8,11-14H2,(H,19,20). The van der Waals surface area contributed by atoms with Gasteiger partial charge in [0.25, 0.3) is 0 Å². The van der Waals surface area contributed by atoms with Crippen molar-refractivity contribution < 1.29 is 0 Å². The Balaban J connectivity index is 1.70. The van der Waals surface area contributed by atoms with Crippen molar-refractivity contribution in [3.05, 3.63) is 35.9 Å². The van der Waals surface area contributed by atoms with Crippen molar-refractivity contribution in [1.29, 1.82) is 0 Å². The van der Waals surface area contributed by atoms with Crippen LogP contribution in [0.5, 0.6) is 0 Å². The quantitative estimate of drug-likeness (QED) is 0.852. The van der Waals surface area contributed by atoms with Gasteiger partial charge in [-0.15, -0.1) is 0 Å². The van der Waals surface area contributed by atoms with Gasteiger partial charge in [0.15, 0.2) is 0 Å². The molecule has 1 fully saturated rings. The highest BCUT2D eigenvalue weighted by molar-refractivity contribution is 5.82. The lowest BCUT2D eigenvalue weighted by atomic mass is 9.80. The highest BCUT2D eigenvalue weighted by atomic mass is 15.0. The molecular formula is C18H26N2. The van der Waals surface area contributed by atoms with Crippen LogP contribution in [0.25, 0.3) is 0 Å². The molecule has 1 aromatic carbocycles. The van der Waals surface area contributed by atoms with Gasteiger partial charge in [0.05, 0.1) is 5.84 Å². The molecule has 0 aromatic heterocycles. The van der Waals surface area contributed by atoms with E-state index >= 15 is 0 Å². The van der Waals surface area contributed by atoms with E-state index < -0.39 is 0 Å². The minimum absolute atomic E-state index is 0.586. The molecule has 0 radical (unpaired) electrons. The lowest BCUT2D eigenvalue weighted by Gasteiger charge is -2.33. The van der Waals surface area contributed by atoms with Crippen LogP contribution in [-0.2, 0) is 0 Å². The first kappa shape index (κ1) is 13.7. The van der Waals surface area contributed by atoms with E-state index in [1.807, 2.05) is 0 Å². The van der Waals surface area contributed by atoms with Crippen LogP contribution < -0.4 is 5.32 Å². The van der Waals surface area contributed by atoms with Gasteiger partial charge in [-0.25, -0.2) is 0 Å². The van der Waals surface area contributed by atoms with Crippen LogP contribution in [0.1, 0.15) is 62.8 Å². The van der Waals surface area contributed by atoms with E-state index in [2.05, 4.69) is 35.6 Å². The van der Waals surface area contributed by atoms with E-state index in [4.69, 9.17) is 4.99 Å². The lowest BCUT2D eigenvalue weighted by Crippen LogP contribution is -2.41. The van der Waals surface area contributed by atoms with Gasteiger partial charge in [0.1, 0.15) is 0 Å². The molecule has 1 aliphatic heterocycles. The Morgan fingerprint density at radius 3 is 2.65 bits per heavy atom. The maximum absolute atomic E-state index is 4.75. The molecule has 0 saturated heterocycles. The molecule has 0 spiro atoms. The number of benzene rings is 1. The summed E-state index contributed by atoms with van der Waals surface area (Å²) in [5.74, 6) is 1.94. The summed E-state index contributed by atoms with van der Waals surface area (Å²) in [6, 6.07) is 11.6. The van der Waals surface area contributed by atoms with Crippen molar-refractivity contribution in [3.8, 4) is 0 Å². The summed E-state index contributed by atoms with van der Waals surface area (Å²) in [6.07, 6.45) is 10.4. The van der Waals surface area contributed by atoms with Crippen LogP contribution >= 0.6 is 0 Å². The first-order chi connectivity index (χ1) is 9.93.